The van der Waals surface area contributed by atoms with Crippen LogP contribution in [0.3, 0.4) is 0 Å². The van der Waals surface area contributed by atoms with Gasteiger partial charge in [0, 0.05) is 29.1 Å². The van der Waals surface area contributed by atoms with Crippen LogP contribution in [0.5, 0.6) is 0 Å². The van der Waals surface area contributed by atoms with Crippen LogP contribution < -0.4 is 11.4 Å². The summed E-state index contributed by atoms with van der Waals surface area (Å²) in [5.41, 5.74) is 7.33. The van der Waals surface area contributed by atoms with Gasteiger partial charge in [-0.25, -0.2) is 4.79 Å². The Kier molecular flexibility index (Phi) is 3.48. The van der Waals surface area contributed by atoms with E-state index in [-0.39, 0.29) is 11.7 Å². The van der Waals surface area contributed by atoms with E-state index in [1.165, 1.54) is 0 Å². The van der Waals surface area contributed by atoms with E-state index in [9.17, 15) is 4.79 Å². The molecule has 96 valence electrons. The Bertz CT molecular complexity index is 613. The molecule has 1 heterocycles. The number of imidazole rings is 1. The molecule has 0 aliphatic heterocycles. The van der Waals surface area contributed by atoms with Gasteiger partial charge < -0.3 is 5.73 Å². The molecule has 0 unspecified atom stereocenters. The summed E-state index contributed by atoms with van der Waals surface area (Å²) < 4.78 is 3.31. The molecule has 0 bridgehead atoms. The molecule has 0 amide bonds. The molecule has 0 fully saturated rings. The van der Waals surface area contributed by atoms with Gasteiger partial charge in [-0.2, -0.15) is 0 Å². The van der Waals surface area contributed by atoms with E-state index in [2.05, 4.69) is 0 Å². The molecule has 0 spiro atoms. The SMILES string of the molecule is CC(C)n1ccn(Cc2cc(Cl)ccc2N)c1=O. The molecule has 1 aromatic heterocycles. The van der Waals surface area contributed by atoms with E-state index in [1.807, 2.05) is 13.8 Å². The van der Waals surface area contributed by atoms with Crippen LogP contribution in [0.25, 0.3) is 0 Å². The average molecular weight is 266 g/mol. The molecule has 2 aromatic rings. The average Bonchev–Trinajstić information content (AvgIpc) is 2.66. The van der Waals surface area contributed by atoms with Crippen LogP contribution in [0, 0.1) is 0 Å². The second kappa shape index (κ2) is 4.90. The van der Waals surface area contributed by atoms with E-state index in [0.29, 0.717) is 17.3 Å². The van der Waals surface area contributed by atoms with Crippen molar-refractivity contribution in [3.63, 3.8) is 0 Å². The number of hydrogen-bond donors (Lipinski definition) is 1. The smallest absolute Gasteiger partial charge is 0.328 e. The van der Waals surface area contributed by atoms with Crippen LogP contribution >= 0.6 is 11.6 Å². The number of halogens is 1. The lowest BCUT2D eigenvalue weighted by Gasteiger charge is -2.07. The summed E-state index contributed by atoms with van der Waals surface area (Å²) in [6.07, 6.45) is 3.55. The summed E-state index contributed by atoms with van der Waals surface area (Å²) in [6, 6.07) is 5.43. The maximum absolute atomic E-state index is 12.1. The largest absolute Gasteiger partial charge is 0.398 e. The van der Waals surface area contributed by atoms with Crippen molar-refractivity contribution >= 4 is 17.3 Å². The van der Waals surface area contributed by atoms with Crippen LogP contribution in [-0.4, -0.2) is 9.13 Å². The first kappa shape index (κ1) is 12.8. The Morgan fingerprint density at radius 3 is 2.67 bits per heavy atom. The van der Waals surface area contributed by atoms with Crippen LogP contribution in [0.15, 0.2) is 35.4 Å². The van der Waals surface area contributed by atoms with Crippen molar-refractivity contribution in [3.05, 3.63) is 51.7 Å². The van der Waals surface area contributed by atoms with Gasteiger partial charge >= 0.3 is 5.69 Å². The molecule has 0 radical (unpaired) electrons. The van der Waals surface area contributed by atoms with Gasteiger partial charge in [0.25, 0.3) is 0 Å². The Hall–Kier alpha value is -1.68. The number of nitrogens with zero attached hydrogens (tertiary/aromatic N) is 2. The first-order valence-corrected chi connectivity index (χ1v) is 6.18. The molecule has 18 heavy (non-hydrogen) atoms. The van der Waals surface area contributed by atoms with Crippen molar-refractivity contribution in [2.24, 2.45) is 0 Å². The number of hydrogen-bond acceptors (Lipinski definition) is 2. The van der Waals surface area contributed by atoms with Crippen LogP contribution in [0.1, 0.15) is 25.5 Å². The highest BCUT2D eigenvalue weighted by Gasteiger charge is 2.08. The molecule has 4 nitrogen and oxygen atoms in total. The summed E-state index contributed by atoms with van der Waals surface area (Å²) in [7, 11) is 0. The number of rotatable bonds is 3. The minimum absolute atomic E-state index is 0.0376. The third kappa shape index (κ3) is 2.43. The molecule has 2 rings (SSSR count). The van der Waals surface area contributed by atoms with E-state index >= 15 is 0 Å². The lowest BCUT2D eigenvalue weighted by molar-refractivity contribution is 0.561. The number of nitrogen functional groups attached to an aromatic ring is 1. The van der Waals surface area contributed by atoms with Gasteiger partial charge in [0.1, 0.15) is 0 Å². The normalized spacial score (nSPS) is 11.1. The minimum atomic E-state index is -0.0376. The zero-order valence-corrected chi connectivity index (χ0v) is 11.2. The molecule has 1 aromatic carbocycles. The molecule has 0 saturated carbocycles. The van der Waals surface area contributed by atoms with Gasteiger partial charge in [0.2, 0.25) is 0 Å². The highest BCUT2D eigenvalue weighted by atomic mass is 35.5. The maximum atomic E-state index is 12.1. The predicted molar refractivity (Wildman–Crippen MR) is 74.0 cm³/mol. The van der Waals surface area contributed by atoms with Crippen molar-refractivity contribution in [3.8, 4) is 0 Å². The summed E-state index contributed by atoms with van der Waals surface area (Å²) >= 11 is 5.93. The fourth-order valence-electron chi connectivity index (χ4n) is 1.84. The lowest BCUT2D eigenvalue weighted by Crippen LogP contribution is -2.25. The number of aromatic nitrogens is 2. The number of anilines is 1. The van der Waals surface area contributed by atoms with Crippen molar-refractivity contribution in [2.75, 3.05) is 5.73 Å². The molecular weight excluding hydrogens is 250 g/mol. The topological polar surface area (TPSA) is 52.9 Å². The Morgan fingerprint density at radius 1 is 1.33 bits per heavy atom. The third-order valence-electron chi connectivity index (χ3n) is 2.88. The highest BCUT2D eigenvalue weighted by molar-refractivity contribution is 6.30. The molecule has 2 N–H and O–H groups in total. The monoisotopic (exact) mass is 265 g/mol. The van der Waals surface area contributed by atoms with Crippen molar-refractivity contribution in [1.29, 1.82) is 0 Å². The Morgan fingerprint density at radius 2 is 2.06 bits per heavy atom. The van der Waals surface area contributed by atoms with Gasteiger partial charge in [0.05, 0.1) is 6.54 Å². The van der Waals surface area contributed by atoms with Gasteiger partial charge in [-0.05, 0) is 37.6 Å². The summed E-state index contributed by atoms with van der Waals surface area (Å²) in [6.45, 7) is 4.38. The van der Waals surface area contributed by atoms with Crippen LogP contribution in [-0.2, 0) is 6.54 Å². The van der Waals surface area contributed by atoms with Gasteiger partial charge in [-0.3, -0.25) is 9.13 Å². The van der Waals surface area contributed by atoms with Gasteiger partial charge in [-0.15, -0.1) is 0 Å². The molecule has 0 saturated heterocycles. The fourth-order valence-corrected chi connectivity index (χ4v) is 2.03. The molecule has 0 atom stereocenters. The van der Waals surface area contributed by atoms with Crippen molar-refractivity contribution in [1.82, 2.24) is 9.13 Å². The summed E-state index contributed by atoms with van der Waals surface area (Å²) in [4.78, 5) is 12.1. The molecular formula is C13H16ClN3O. The Labute approximate surface area is 111 Å². The first-order chi connectivity index (χ1) is 8.49. The van der Waals surface area contributed by atoms with E-state index in [4.69, 9.17) is 17.3 Å². The Balaban J connectivity index is 2.35. The maximum Gasteiger partial charge on any atom is 0.328 e. The summed E-state index contributed by atoms with van der Waals surface area (Å²) in [5.74, 6) is 0. The minimum Gasteiger partial charge on any atom is -0.398 e. The molecule has 0 aliphatic carbocycles. The van der Waals surface area contributed by atoms with Gasteiger partial charge in [0.15, 0.2) is 0 Å². The van der Waals surface area contributed by atoms with Crippen molar-refractivity contribution < 1.29 is 0 Å². The predicted octanol–water partition coefficient (Wildman–Crippen LogP) is 2.51. The number of nitrogens with two attached hydrogens (primary N) is 1. The zero-order valence-electron chi connectivity index (χ0n) is 10.4. The highest BCUT2D eigenvalue weighted by Crippen LogP contribution is 2.18. The quantitative estimate of drug-likeness (QED) is 0.867. The van der Waals surface area contributed by atoms with E-state index < -0.39 is 0 Å². The van der Waals surface area contributed by atoms with Crippen LogP contribution in [0.4, 0.5) is 5.69 Å². The van der Waals surface area contributed by atoms with Gasteiger partial charge in [-0.1, -0.05) is 11.6 Å². The third-order valence-corrected chi connectivity index (χ3v) is 3.11. The fraction of sp³-hybridized carbons (Fsp3) is 0.308. The number of benzene rings is 1. The van der Waals surface area contributed by atoms with E-state index in [0.717, 1.165) is 5.56 Å². The standard InChI is InChI=1S/C13H16ClN3O/c1-9(2)17-6-5-16(13(17)18)8-10-7-11(14)3-4-12(10)15/h3-7,9H,8,15H2,1-2H3. The van der Waals surface area contributed by atoms with E-state index in [1.54, 1.807) is 39.7 Å². The zero-order chi connectivity index (χ0) is 13.3. The molecule has 0 aliphatic rings. The second-order valence-electron chi connectivity index (χ2n) is 4.55. The van der Waals surface area contributed by atoms with Crippen LogP contribution in [0.2, 0.25) is 5.02 Å². The summed E-state index contributed by atoms with van der Waals surface area (Å²) in [5, 5.41) is 0.621. The molecule has 5 heteroatoms. The lowest BCUT2D eigenvalue weighted by atomic mass is 10.2. The van der Waals surface area contributed by atoms with Crippen molar-refractivity contribution in [2.45, 2.75) is 26.4 Å². The second-order valence-corrected chi connectivity index (χ2v) is 4.99. The first-order valence-electron chi connectivity index (χ1n) is 5.80.